The van der Waals surface area contributed by atoms with Gasteiger partial charge in [-0.25, -0.2) is 4.98 Å². The number of rotatable bonds is 5. The van der Waals surface area contributed by atoms with Crippen molar-refractivity contribution in [2.75, 3.05) is 26.0 Å². The molecule has 1 aliphatic rings. The van der Waals surface area contributed by atoms with E-state index in [4.69, 9.17) is 10.5 Å². The molecule has 5 nitrogen and oxygen atoms in total. The summed E-state index contributed by atoms with van der Waals surface area (Å²) in [5, 5.41) is 0. The fraction of sp³-hybridized carbons (Fsp3) is 0.600. The normalized spacial score (nSPS) is 19.1. The smallest absolute Gasteiger partial charge is 0.254 e. The Bertz CT molecular complexity index is 450. The summed E-state index contributed by atoms with van der Waals surface area (Å²) < 4.78 is 5.10. The van der Waals surface area contributed by atoms with Crippen molar-refractivity contribution in [3.8, 4) is 0 Å². The Balaban J connectivity index is 2.05. The van der Waals surface area contributed by atoms with Crippen LogP contribution in [0.4, 0.5) is 5.82 Å². The summed E-state index contributed by atoms with van der Waals surface area (Å²) in [7, 11) is 1.71. The first-order chi connectivity index (χ1) is 9.72. The maximum absolute atomic E-state index is 12.6. The third-order valence-corrected chi connectivity index (χ3v) is 3.80. The standard InChI is InChI=1S/C15H23N3O2/c1-20-10-4-6-13-5-2-3-9-18(13)15(19)12-7-8-17-14(16)11-12/h7-8,11,13H,2-6,9-10H2,1H3,(H2,16,17)/t13-/m0/s1. The SMILES string of the molecule is COCCC[C@@H]1CCCCN1C(=O)c1ccnc(N)c1. The molecule has 1 amide bonds. The van der Waals surface area contributed by atoms with Crippen LogP contribution < -0.4 is 5.73 Å². The van der Waals surface area contributed by atoms with Crippen molar-refractivity contribution >= 4 is 11.7 Å². The van der Waals surface area contributed by atoms with Crippen LogP contribution >= 0.6 is 0 Å². The lowest BCUT2D eigenvalue weighted by Crippen LogP contribution is -2.43. The van der Waals surface area contributed by atoms with Crippen LogP contribution in [0.15, 0.2) is 18.3 Å². The van der Waals surface area contributed by atoms with Crippen LogP contribution in [0.5, 0.6) is 0 Å². The molecule has 2 N–H and O–H groups in total. The number of anilines is 1. The van der Waals surface area contributed by atoms with E-state index in [1.54, 1.807) is 25.4 Å². The molecule has 1 aromatic rings. The molecule has 2 heterocycles. The zero-order valence-electron chi connectivity index (χ0n) is 12.0. The molecule has 5 heteroatoms. The van der Waals surface area contributed by atoms with Crippen LogP contribution in [0.25, 0.3) is 0 Å². The molecule has 1 atom stereocenters. The number of nitrogens with two attached hydrogens (primary N) is 1. The first-order valence-corrected chi connectivity index (χ1v) is 7.24. The molecule has 20 heavy (non-hydrogen) atoms. The fourth-order valence-electron chi connectivity index (χ4n) is 2.78. The van der Waals surface area contributed by atoms with Gasteiger partial charge >= 0.3 is 0 Å². The molecule has 0 bridgehead atoms. The lowest BCUT2D eigenvalue weighted by Gasteiger charge is -2.36. The molecule has 0 saturated carbocycles. The highest BCUT2D eigenvalue weighted by Gasteiger charge is 2.27. The van der Waals surface area contributed by atoms with Gasteiger partial charge in [-0.3, -0.25) is 4.79 Å². The van der Waals surface area contributed by atoms with Crippen LogP contribution in [0.2, 0.25) is 0 Å². The molecule has 2 rings (SSSR count). The number of carbonyl (C=O) groups excluding carboxylic acids is 1. The minimum absolute atomic E-state index is 0.0706. The Morgan fingerprint density at radius 1 is 1.55 bits per heavy atom. The summed E-state index contributed by atoms with van der Waals surface area (Å²) >= 11 is 0. The first-order valence-electron chi connectivity index (χ1n) is 7.24. The monoisotopic (exact) mass is 277 g/mol. The van der Waals surface area contributed by atoms with Crippen molar-refractivity contribution in [1.29, 1.82) is 0 Å². The number of piperidine rings is 1. The second-order valence-electron chi connectivity index (χ2n) is 5.25. The topological polar surface area (TPSA) is 68.5 Å². The van der Waals surface area contributed by atoms with Gasteiger partial charge < -0.3 is 15.4 Å². The highest BCUT2D eigenvalue weighted by molar-refractivity contribution is 5.95. The third kappa shape index (κ3) is 3.70. The summed E-state index contributed by atoms with van der Waals surface area (Å²) in [6.07, 6.45) is 6.93. The van der Waals surface area contributed by atoms with Gasteiger partial charge in [-0.05, 0) is 44.2 Å². The Kier molecular flexibility index (Phi) is 5.35. The van der Waals surface area contributed by atoms with Gasteiger partial charge in [-0.2, -0.15) is 0 Å². The number of pyridine rings is 1. The molecule has 1 fully saturated rings. The second-order valence-corrected chi connectivity index (χ2v) is 5.25. The molecule has 110 valence electrons. The van der Waals surface area contributed by atoms with Crippen molar-refractivity contribution in [1.82, 2.24) is 9.88 Å². The van der Waals surface area contributed by atoms with Gasteiger partial charge in [0.15, 0.2) is 0 Å². The van der Waals surface area contributed by atoms with Crippen molar-refractivity contribution < 1.29 is 9.53 Å². The van der Waals surface area contributed by atoms with Crippen LogP contribution in [-0.4, -0.2) is 42.1 Å². The summed E-state index contributed by atoms with van der Waals surface area (Å²) in [4.78, 5) is 18.5. The molecule has 1 saturated heterocycles. The molecule has 0 spiro atoms. The van der Waals surface area contributed by atoms with Gasteiger partial charge in [0, 0.05) is 38.1 Å². The van der Waals surface area contributed by atoms with Crippen molar-refractivity contribution in [3.05, 3.63) is 23.9 Å². The highest BCUT2D eigenvalue weighted by atomic mass is 16.5. The van der Waals surface area contributed by atoms with Crippen molar-refractivity contribution in [3.63, 3.8) is 0 Å². The lowest BCUT2D eigenvalue weighted by atomic mass is 9.97. The maximum Gasteiger partial charge on any atom is 0.254 e. The van der Waals surface area contributed by atoms with Crippen LogP contribution in [0.3, 0.4) is 0 Å². The number of ether oxygens (including phenoxy) is 1. The predicted molar refractivity (Wildman–Crippen MR) is 78.4 cm³/mol. The van der Waals surface area contributed by atoms with Crippen LogP contribution in [0, 0.1) is 0 Å². The van der Waals surface area contributed by atoms with E-state index in [9.17, 15) is 4.79 Å². The summed E-state index contributed by atoms with van der Waals surface area (Å²) in [6, 6.07) is 3.71. The molecule has 1 aromatic heterocycles. The Labute approximate surface area is 120 Å². The Hall–Kier alpha value is -1.62. The maximum atomic E-state index is 12.6. The number of nitrogen functional groups attached to an aromatic ring is 1. The zero-order chi connectivity index (χ0) is 14.4. The lowest BCUT2D eigenvalue weighted by molar-refractivity contribution is 0.0585. The van der Waals surface area contributed by atoms with Gasteiger partial charge in [0.25, 0.3) is 5.91 Å². The summed E-state index contributed by atoms with van der Waals surface area (Å²) in [6.45, 7) is 1.58. The Morgan fingerprint density at radius 3 is 3.15 bits per heavy atom. The number of hydrogen-bond donors (Lipinski definition) is 1. The summed E-state index contributed by atoms with van der Waals surface area (Å²) in [5.74, 6) is 0.463. The first kappa shape index (κ1) is 14.8. The molecule has 1 aliphatic heterocycles. The second kappa shape index (κ2) is 7.24. The van der Waals surface area contributed by atoms with E-state index in [1.807, 2.05) is 4.90 Å². The molecule has 0 aromatic carbocycles. The van der Waals surface area contributed by atoms with Gasteiger partial charge in [0.05, 0.1) is 0 Å². The minimum atomic E-state index is 0.0706. The quantitative estimate of drug-likeness (QED) is 0.837. The number of aromatic nitrogens is 1. The van der Waals surface area contributed by atoms with Gasteiger partial charge in [0.1, 0.15) is 5.82 Å². The molecule has 0 unspecified atom stereocenters. The highest BCUT2D eigenvalue weighted by Crippen LogP contribution is 2.23. The average molecular weight is 277 g/mol. The fourth-order valence-corrected chi connectivity index (χ4v) is 2.78. The molecular formula is C15H23N3O2. The third-order valence-electron chi connectivity index (χ3n) is 3.80. The van der Waals surface area contributed by atoms with Crippen molar-refractivity contribution in [2.45, 2.75) is 38.1 Å². The number of hydrogen-bond acceptors (Lipinski definition) is 4. The largest absolute Gasteiger partial charge is 0.385 e. The zero-order valence-corrected chi connectivity index (χ0v) is 12.0. The van der Waals surface area contributed by atoms with E-state index in [1.165, 1.54) is 6.42 Å². The molecule has 0 aliphatic carbocycles. The van der Waals surface area contributed by atoms with E-state index < -0.39 is 0 Å². The van der Waals surface area contributed by atoms with Gasteiger partial charge in [-0.15, -0.1) is 0 Å². The summed E-state index contributed by atoms with van der Waals surface area (Å²) in [5.41, 5.74) is 6.30. The van der Waals surface area contributed by atoms with Gasteiger partial charge in [-0.1, -0.05) is 0 Å². The van der Waals surface area contributed by atoms with E-state index in [2.05, 4.69) is 4.98 Å². The van der Waals surface area contributed by atoms with Crippen LogP contribution in [-0.2, 0) is 4.74 Å². The number of methoxy groups -OCH3 is 1. The molecule has 0 radical (unpaired) electrons. The van der Waals surface area contributed by atoms with Crippen LogP contribution in [0.1, 0.15) is 42.5 Å². The minimum Gasteiger partial charge on any atom is -0.385 e. The number of nitrogens with zero attached hydrogens (tertiary/aromatic N) is 2. The number of likely N-dealkylation sites (tertiary alicyclic amines) is 1. The van der Waals surface area contributed by atoms with E-state index in [-0.39, 0.29) is 5.91 Å². The Morgan fingerprint density at radius 2 is 2.40 bits per heavy atom. The van der Waals surface area contributed by atoms with Gasteiger partial charge in [0.2, 0.25) is 0 Å². The van der Waals surface area contributed by atoms with Crippen molar-refractivity contribution in [2.24, 2.45) is 0 Å². The van der Waals surface area contributed by atoms with E-state index in [0.717, 1.165) is 38.8 Å². The number of carbonyl (C=O) groups is 1. The number of amides is 1. The molecular weight excluding hydrogens is 254 g/mol. The van der Waals surface area contributed by atoms with E-state index in [0.29, 0.717) is 17.4 Å². The average Bonchev–Trinajstić information content (AvgIpc) is 2.47. The van der Waals surface area contributed by atoms with E-state index >= 15 is 0 Å². The predicted octanol–water partition coefficient (Wildman–Crippen LogP) is 2.09.